The van der Waals surface area contributed by atoms with Gasteiger partial charge >= 0.3 is 0 Å². The van der Waals surface area contributed by atoms with Crippen LogP contribution in [0.25, 0.3) is 11.3 Å². The number of hydrogen-bond acceptors (Lipinski definition) is 5. The first kappa shape index (κ1) is 17.9. The third-order valence-electron chi connectivity index (χ3n) is 3.73. The number of benzene rings is 2. The fraction of sp³-hybridized carbons (Fsp3) is 0.158. The maximum absolute atomic E-state index is 13.0. The van der Waals surface area contributed by atoms with Crippen LogP contribution in [0, 0.1) is 5.82 Å². The number of rotatable bonds is 6. The van der Waals surface area contributed by atoms with Crippen molar-refractivity contribution in [3.63, 3.8) is 0 Å². The van der Waals surface area contributed by atoms with Gasteiger partial charge in [-0.1, -0.05) is 0 Å². The largest absolute Gasteiger partial charge is 0.497 e. The predicted molar refractivity (Wildman–Crippen MR) is 99.4 cm³/mol. The molecule has 0 spiro atoms. The Morgan fingerprint density at radius 3 is 2.62 bits per heavy atom. The van der Waals surface area contributed by atoms with Crippen molar-refractivity contribution in [3.05, 3.63) is 59.2 Å². The summed E-state index contributed by atoms with van der Waals surface area (Å²) in [5.74, 6) is 0.759. The zero-order valence-electron chi connectivity index (χ0n) is 14.3. The number of thiazole rings is 1. The van der Waals surface area contributed by atoms with Crippen LogP contribution in [-0.4, -0.2) is 25.1 Å². The molecule has 1 heterocycles. The van der Waals surface area contributed by atoms with Gasteiger partial charge in [0.15, 0.2) is 5.13 Å². The van der Waals surface area contributed by atoms with Crippen molar-refractivity contribution in [2.24, 2.45) is 0 Å². The van der Waals surface area contributed by atoms with E-state index >= 15 is 0 Å². The van der Waals surface area contributed by atoms with E-state index < -0.39 is 0 Å². The number of carbonyl (C=O) groups excluding carboxylic acids is 1. The van der Waals surface area contributed by atoms with E-state index in [4.69, 9.17) is 9.47 Å². The lowest BCUT2D eigenvalue weighted by atomic mass is 10.1. The molecular formula is C19H17FN2O3S. The van der Waals surface area contributed by atoms with Gasteiger partial charge in [0, 0.05) is 16.5 Å². The molecule has 2 aromatic carbocycles. The summed E-state index contributed by atoms with van der Waals surface area (Å²) in [6.07, 6.45) is 0.131. The predicted octanol–water partition coefficient (Wildman–Crippen LogP) is 4.15. The third-order valence-corrected chi connectivity index (χ3v) is 4.49. The number of anilines is 1. The highest BCUT2D eigenvalue weighted by Crippen LogP contribution is 2.27. The van der Waals surface area contributed by atoms with Crippen molar-refractivity contribution in [1.29, 1.82) is 0 Å². The minimum absolute atomic E-state index is 0.131. The highest BCUT2D eigenvalue weighted by molar-refractivity contribution is 7.14. The summed E-state index contributed by atoms with van der Waals surface area (Å²) in [6, 6.07) is 11.4. The van der Waals surface area contributed by atoms with Gasteiger partial charge in [0.2, 0.25) is 5.91 Å². The Labute approximate surface area is 154 Å². The Morgan fingerprint density at radius 1 is 1.15 bits per heavy atom. The highest BCUT2D eigenvalue weighted by Gasteiger charge is 2.13. The molecule has 0 aliphatic carbocycles. The van der Waals surface area contributed by atoms with Gasteiger partial charge < -0.3 is 14.8 Å². The molecule has 1 amide bonds. The van der Waals surface area contributed by atoms with E-state index in [9.17, 15) is 9.18 Å². The fourth-order valence-electron chi connectivity index (χ4n) is 2.44. The van der Waals surface area contributed by atoms with E-state index in [0.717, 1.165) is 11.1 Å². The maximum atomic E-state index is 13.0. The van der Waals surface area contributed by atoms with E-state index in [1.165, 1.54) is 23.5 Å². The molecule has 0 atom stereocenters. The fourth-order valence-corrected chi connectivity index (χ4v) is 3.18. The van der Waals surface area contributed by atoms with Gasteiger partial charge in [0.1, 0.15) is 17.3 Å². The molecule has 0 aliphatic rings. The Balaban J connectivity index is 1.70. The first-order valence-electron chi connectivity index (χ1n) is 7.81. The van der Waals surface area contributed by atoms with Crippen molar-refractivity contribution < 1.29 is 18.7 Å². The SMILES string of the molecule is COc1ccc(OC)c(CC(=O)Nc2nc(-c3ccc(F)cc3)cs2)c1. The number of carbonyl (C=O) groups is 1. The molecule has 3 rings (SSSR count). The average molecular weight is 372 g/mol. The van der Waals surface area contributed by atoms with Crippen LogP contribution >= 0.6 is 11.3 Å². The lowest BCUT2D eigenvalue weighted by Gasteiger charge is -2.10. The summed E-state index contributed by atoms with van der Waals surface area (Å²) in [5.41, 5.74) is 2.20. The zero-order chi connectivity index (χ0) is 18.5. The lowest BCUT2D eigenvalue weighted by Crippen LogP contribution is -2.14. The van der Waals surface area contributed by atoms with Crippen LogP contribution < -0.4 is 14.8 Å². The number of halogens is 1. The second kappa shape index (κ2) is 7.97. The van der Waals surface area contributed by atoms with Gasteiger partial charge in [-0.15, -0.1) is 11.3 Å². The normalized spacial score (nSPS) is 10.4. The molecule has 1 N–H and O–H groups in total. The van der Waals surface area contributed by atoms with Crippen molar-refractivity contribution in [2.75, 3.05) is 19.5 Å². The highest BCUT2D eigenvalue weighted by atomic mass is 32.1. The molecule has 26 heavy (non-hydrogen) atoms. The summed E-state index contributed by atoms with van der Waals surface area (Å²) in [5, 5.41) is 5.08. The number of aromatic nitrogens is 1. The molecule has 0 radical (unpaired) electrons. The van der Waals surface area contributed by atoms with Gasteiger partial charge in [-0.05, 0) is 42.5 Å². The number of amides is 1. The molecule has 0 aliphatic heterocycles. The quantitative estimate of drug-likeness (QED) is 0.706. The molecular weight excluding hydrogens is 355 g/mol. The number of hydrogen-bond donors (Lipinski definition) is 1. The molecule has 0 unspecified atom stereocenters. The maximum Gasteiger partial charge on any atom is 0.230 e. The molecule has 134 valence electrons. The lowest BCUT2D eigenvalue weighted by molar-refractivity contribution is -0.115. The van der Waals surface area contributed by atoms with Gasteiger partial charge in [-0.25, -0.2) is 9.37 Å². The van der Waals surface area contributed by atoms with Crippen LogP contribution in [0.4, 0.5) is 9.52 Å². The second-order valence-corrected chi connectivity index (χ2v) is 6.31. The van der Waals surface area contributed by atoms with Crippen molar-refractivity contribution in [1.82, 2.24) is 4.98 Å². The average Bonchev–Trinajstić information content (AvgIpc) is 3.10. The summed E-state index contributed by atoms with van der Waals surface area (Å²) < 4.78 is 23.5. The van der Waals surface area contributed by atoms with E-state index in [0.29, 0.717) is 22.3 Å². The zero-order valence-corrected chi connectivity index (χ0v) is 15.1. The number of nitrogens with zero attached hydrogens (tertiary/aromatic N) is 1. The van der Waals surface area contributed by atoms with Crippen molar-refractivity contribution in [2.45, 2.75) is 6.42 Å². The Morgan fingerprint density at radius 2 is 1.92 bits per heavy atom. The standard InChI is InChI=1S/C19H17FN2O3S/c1-24-15-7-8-17(25-2)13(9-15)10-18(23)22-19-21-16(11-26-19)12-3-5-14(20)6-4-12/h3-9,11H,10H2,1-2H3,(H,21,22,23). The molecule has 0 saturated heterocycles. The van der Waals surface area contributed by atoms with Gasteiger partial charge in [0.05, 0.1) is 26.3 Å². The van der Waals surface area contributed by atoms with Crippen molar-refractivity contribution in [3.8, 4) is 22.8 Å². The van der Waals surface area contributed by atoms with E-state index in [1.807, 2.05) is 5.38 Å². The summed E-state index contributed by atoms with van der Waals surface area (Å²) in [7, 11) is 3.12. The molecule has 0 fully saturated rings. The molecule has 1 aromatic heterocycles. The topological polar surface area (TPSA) is 60.5 Å². The van der Waals surface area contributed by atoms with Crippen LogP contribution in [0.5, 0.6) is 11.5 Å². The first-order chi connectivity index (χ1) is 12.6. The van der Waals surface area contributed by atoms with E-state index in [1.54, 1.807) is 44.6 Å². The van der Waals surface area contributed by atoms with Crippen LogP contribution in [0.1, 0.15) is 5.56 Å². The smallest absolute Gasteiger partial charge is 0.230 e. The third kappa shape index (κ3) is 4.18. The monoisotopic (exact) mass is 372 g/mol. The molecule has 0 bridgehead atoms. The summed E-state index contributed by atoms with van der Waals surface area (Å²) in [4.78, 5) is 16.7. The van der Waals surface area contributed by atoms with Crippen LogP contribution in [0.15, 0.2) is 47.8 Å². The molecule has 0 saturated carbocycles. The number of ether oxygens (including phenoxy) is 2. The number of nitrogens with one attached hydrogen (secondary N) is 1. The molecule has 3 aromatic rings. The van der Waals surface area contributed by atoms with Crippen LogP contribution in [-0.2, 0) is 11.2 Å². The molecule has 5 nitrogen and oxygen atoms in total. The summed E-state index contributed by atoms with van der Waals surface area (Å²) >= 11 is 1.31. The number of methoxy groups -OCH3 is 2. The van der Waals surface area contributed by atoms with Crippen molar-refractivity contribution >= 4 is 22.4 Å². The van der Waals surface area contributed by atoms with Gasteiger partial charge in [-0.2, -0.15) is 0 Å². The Bertz CT molecular complexity index is 909. The van der Waals surface area contributed by atoms with Crippen LogP contribution in [0.2, 0.25) is 0 Å². The van der Waals surface area contributed by atoms with E-state index in [-0.39, 0.29) is 18.1 Å². The minimum Gasteiger partial charge on any atom is -0.497 e. The Hall–Kier alpha value is -2.93. The Kier molecular flexibility index (Phi) is 5.48. The van der Waals surface area contributed by atoms with Gasteiger partial charge in [-0.3, -0.25) is 4.79 Å². The first-order valence-corrected chi connectivity index (χ1v) is 8.69. The van der Waals surface area contributed by atoms with Crippen LogP contribution in [0.3, 0.4) is 0 Å². The van der Waals surface area contributed by atoms with Gasteiger partial charge in [0.25, 0.3) is 0 Å². The van der Waals surface area contributed by atoms with E-state index in [2.05, 4.69) is 10.3 Å². The summed E-state index contributed by atoms with van der Waals surface area (Å²) in [6.45, 7) is 0. The second-order valence-electron chi connectivity index (χ2n) is 5.45. The molecule has 7 heteroatoms. The minimum atomic E-state index is -0.301.